The first-order chi connectivity index (χ1) is 42.6. The summed E-state index contributed by atoms with van der Waals surface area (Å²) in [6.45, 7) is 5.30. The quantitative estimate of drug-likeness (QED) is 0.0463. The van der Waals surface area contributed by atoms with Crippen molar-refractivity contribution in [2.24, 2.45) is 11.5 Å². The van der Waals surface area contributed by atoms with Gasteiger partial charge in [0.15, 0.2) is 0 Å². The molecule has 2 aliphatic heterocycles. The summed E-state index contributed by atoms with van der Waals surface area (Å²) in [7, 11) is 0. The number of aliphatic hydroxyl groups is 1. The Morgan fingerprint density at radius 1 is 0.545 bits per heavy atom. The molecular weight excluding hydrogens is 1150 g/mol. The van der Waals surface area contributed by atoms with E-state index in [9.17, 15) is 33.9 Å². The summed E-state index contributed by atoms with van der Waals surface area (Å²) >= 11 is 12.8. The smallest absolute Gasteiger partial charge is 0.250 e. The second-order valence-corrected chi connectivity index (χ2v) is 24.6. The zero-order valence-electron chi connectivity index (χ0n) is 50.3. The summed E-state index contributed by atoms with van der Waals surface area (Å²) in [4.78, 5) is 89.5. The van der Waals surface area contributed by atoms with E-state index in [1.807, 2.05) is 135 Å². The molecule has 17 heteroatoms. The molecule has 7 aromatic carbocycles. The molecule has 2 saturated heterocycles. The molecule has 0 aromatic heterocycles. The van der Waals surface area contributed by atoms with E-state index in [-0.39, 0.29) is 67.7 Å². The first-order valence-electron chi connectivity index (χ1n) is 31.0. The summed E-state index contributed by atoms with van der Waals surface area (Å²) in [6.07, 6.45) is 8.56. The fourth-order valence-corrected chi connectivity index (χ4v) is 13.5. The average molecular weight is 1230 g/mol. The maximum Gasteiger partial charge on any atom is 0.250 e. The number of hydrogen-bond donors (Lipinski definition) is 5. The minimum Gasteiger partial charge on any atom is -0.395 e. The van der Waals surface area contributed by atoms with E-state index >= 15 is 0 Å². The number of nitrogens with zero attached hydrogens (tertiary/aromatic N) is 4. The number of aliphatic hydroxyl groups excluding tert-OH is 1. The van der Waals surface area contributed by atoms with Gasteiger partial charge >= 0.3 is 0 Å². The van der Waals surface area contributed by atoms with Gasteiger partial charge in [0.1, 0.15) is 24.2 Å². The minimum absolute atomic E-state index is 0.0764. The van der Waals surface area contributed by atoms with Gasteiger partial charge in [-0.05, 0) is 120 Å². The first kappa shape index (κ1) is 64.8. The molecular formula is C71H82Cl2N8O7. The molecule has 0 spiro atoms. The number of nitrogens with one attached hydrogen (secondary N) is 2. The molecule has 0 radical (unpaired) electrons. The standard InChI is InChI=1S/C37H41ClN4O4.C34H41ClN4O3/c1-25-18-20-41(33(36(39)45)23-28-13-7-12-27-11-5-6-16-32(27)28)37(46)35(29-14-8-15-30(38)22-29)42(25)34(44)17-19-40-31(24-43)21-26-9-3-2-4-10-26;1-23-18-20-38(30(33(36)41)22-25-11-7-10-24-9-5-6-16-29(24)25)34(42)32(26-12-8-13-27(35)21-26)39(23)31(40)17-19-37-28-14-3-2-4-15-28/h2-16,22,25,31,33,35,40,43H,17-21,23-24H2,1H3,(H2,39,45);5-13,16,21,23,28,30,32,37H,2-4,14-15,17-20,22H2,1H3,(H2,36,41). The molecule has 3 fully saturated rings. The first-order valence-corrected chi connectivity index (χ1v) is 31.7. The lowest BCUT2D eigenvalue weighted by molar-refractivity contribution is -0.148. The van der Waals surface area contributed by atoms with Crippen LogP contribution in [0.4, 0.5) is 0 Å². The molecule has 462 valence electrons. The van der Waals surface area contributed by atoms with E-state index in [1.54, 1.807) is 62.1 Å². The van der Waals surface area contributed by atoms with Gasteiger partial charge in [-0.1, -0.05) is 182 Å². The van der Waals surface area contributed by atoms with Crippen LogP contribution in [0.1, 0.15) is 112 Å². The van der Waals surface area contributed by atoms with E-state index in [0.717, 1.165) is 51.1 Å². The predicted octanol–water partition coefficient (Wildman–Crippen LogP) is 10.1. The fourth-order valence-electron chi connectivity index (χ4n) is 13.1. The average Bonchev–Trinajstić information content (AvgIpc) is 2.39. The fraction of sp³-hybridized carbons (Fsp3) is 0.380. The Kier molecular flexibility index (Phi) is 22.8. The molecule has 6 amide bonds. The molecule has 0 bridgehead atoms. The number of halogens is 2. The highest BCUT2D eigenvalue weighted by Crippen LogP contribution is 2.36. The van der Waals surface area contributed by atoms with Gasteiger partial charge < -0.3 is 46.8 Å². The van der Waals surface area contributed by atoms with E-state index in [1.165, 1.54) is 19.3 Å². The number of rotatable bonds is 21. The maximum absolute atomic E-state index is 14.6. The van der Waals surface area contributed by atoms with E-state index in [0.29, 0.717) is 79.0 Å². The molecule has 3 aliphatic rings. The number of hydrogen-bond acceptors (Lipinski definition) is 9. The van der Waals surface area contributed by atoms with Crippen LogP contribution in [0.15, 0.2) is 164 Å². The Hall–Kier alpha value is -7.66. The number of benzene rings is 7. The van der Waals surface area contributed by atoms with Crippen LogP contribution in [0.3, 0.4) is 0 Å². The number of fused-ring (bicyclic) bond motifs is 2. The van der Waals surface area contributed by atoms with Crippen LogP contribution in [0.25, 0.3) is 21.5 Å². The lowest BCUT2D eigenvalue weighted by atomic mass is 9.95. The van der Waals surface area contributed by atoms with Crippen LogP contribution in [0.5, 0.6) is 0 Å². The summed E-state index contributed by atoms with van der Waals surface area (Å²) in [5.74, 6) is -2.13. The lowest BCUT2D eigenvalue weighted by Gasteiger charge is -2.36. The van der Waals surface area contributed by atoms with Gasteiger partial charge in [0.05, 0.1) is 6.61 Å². The Bertz CT molecular complexity index is 3540. The van der Waals surface area contributed by atoms with E-state index < -0.39 is 36.0 Å². The second kappa shape index (κ2) is 31.0. The number of nitrogens with two attached hydrogens (primary N) is 2. The number of carbonyl (C=O) groups excluding carboxylic acids is 6. The van der Waals surface area contributed by atoms with Crippen LogP contribution in [-0.2, 0) is 48.0 Å². The molecule has 10 rings (SSSR count). The Morgan fingerprint density at radius 2 is 0.989 bits per heavy atom. The SMILES string of the molecule is CC1CCN(C(Cc2cccc3ccccc23)C(N)=O)C(=O)C(c2cccc(Cl)c2)N1C(=O)CCNC(CO)Cc1ccccc1.CC1CCN(C(Cc2cccc3ccccc23)C(N)=O)C(=O)C(c2cccc(Cl)c2)N1C(=O)CCNC1CCCCC1. The predicted molar refractivity (Wildman–Crippen MR) is 348 cm³/mol. The zero-order chi connectivity index (χ0) is 62.3. The van der Waals surface area contributed by atoms with Crippen molar-refractivity contribution in [1.82, 2.24) is 30.2 Å². The summed E-state index contributed by atoms with van der Waals surface area (Å²) in [6, 6.07) is 47.7. The van der Waals surface area contributed by atoms with Gasteiger partial charge in [0.25, 0.3) is 11.8 Å². The van der Waals surface area contributed by atoms with Gasteiger partial charge in [-0.15, -0.1) is 0 Å². The highest BCUT2D eigenvalue weighted by molar-refractivity contribution is 6.31. The highest BCUT2D eigenvalue weighted by atomic mass is 35.5. The molecule has 7 N–H and O–H groups in total. The van der Waals surface area contributed by atoms with Crippen molar-refractivity contribution in [3.8, 4) is 0 Å². The van der Waals surface area contributed by atoms with Gasteiger partial charge in [0.2, 0.25) is 23.6 Å². The highest BCUT2D eigenvalue weighted by Gasteiger charge is 2.45. The summed E-state index contributed by atoms with van der Waals surface area (Å²) in [5.41, 5.74) is 16.2. The van der Waals surface area contributed by atoms with Crippen LogP contribution >= 0.6 is 23.2 Å². The van der Waals surface area contributed by atoms with Crippen LogP contribution in [0.2, 0.25) is 10.0 Å². The van der Waals surface area contributed by atoms with Crippen molar-refractivity contribution in [3.05, 3.63) is 202 Å². The van der Waals surface area contributed by atoms with Gasteiger partial charge in [-0.25, -0.2) is 0 Å². The summed E-state index contributed by atoms with van der Waals surface area (Å²) < 4.78 is 0. The molecule has 7 unspecified atom stereocenters. The normalized spacial score (nSPS) is 19.5. The Labute approximate surface area is 526 Å². The topological polar surface area (TPSA) is 212 Å². The Balaban J connectivity index is 0.000000210. The van der Waals surface area contributed by atoms with Gasteiger partial charge in [0, 0.05) is 86.1 Å². The van der Waals surface area contributed by atoms with Crippen molar-refractivity contribution in [3.63, 3.8) is 0 Å². The maximum atomic E-state index is 14.6. The Morgan fingerprint density at radius 3 is 1.45 bits per heavy atom. The largest absolute Gasteiger partial charge is 0.395 e. The molecule has 1 aliphatic carbocycles. The third-order valence-corrected chi connectivity index (χ3v) is 18.2. The third kappa shape index (κ3) is 16.1. The number of amides is 6. The van der Waals surface area contributed by atoms with Crippen molar-refractivity contribution in [2.75, 3.05) is 32.8 Å². The van der Waals surface area contributed by atoms with Crippen molar-refractivity contribution >= 4 is 80.2 Å². The zero-order valence-corrected chi connectivity index (χ0v) is 51.8. The molecule has 7 aromatic rings. The monoisotopic (exact) mass is 1230 g/mol. The van der Waals surface area contributed by atoms with Crippen molar-refractivity contribution in [2.45, 2.75) is 139 Å². The van der Waals surface area contributed by atoms with Crippen LogP contribution in [-0.4, -0.2) is 129 Å². The number of primary amides is 2. The lowest BCUT2D eigenvalue weighted by Crippen LogP contribution is -2.52. The van der Waals surface area contributed by atoms with Gasteiger partial charge in [-0.2, -0.15) is 0 Å². The molecule has 2 heterocycles. The summed E-state index contributed by atoms with van der Waals surface area (Å²) in [5, 5.41) is 21.9. The molecule has 88 heavy (non-hydrogen) atoms. The van der Waals surface area contributed by atoms with Gasteiger partial charge in [-0.3, -0.25) is 28.8 Å². The van der Waals surface area contributed by atoms with Crippen molar-refractivity contribution < 1.29 is 33.9 Å². The van der Waals surface area contributed by atoms with E-state index in [4.69, 9.17) is 34.7 Å². The van der Waals surface area contributed by atoms with Crippen LogP contribution in [0, 0.1) is 0 Å². The van der Waals surface area contributed by atoms with Crippen LogP contribution < -0.4 is 22.1 Å². The molecule has 15 nitrogen and oxygen atoms in total. The second-order valence-electron chi connectivity index (χ2n) is 23.7. The van der Waals surface area contributed by atoms with E-state index in [2.05, 4.69) is 10.6 Å². The minimum atomic E-state index is -0.990. The third-order valence-electron chi connectivity index (χ3n) is 17.7. The van der Waals surface area contributed by atoms with Crippen molar-refractivity contribution in [1.29, 1.82) is 0 Å². The molecule has 1 saturated carbocycles. The molecule has 7 atom stereocenters. The number of carbonyl (C=O) groups is 6.